The maximum absolute atomic E-state index is 12.3. The van der Waals surface area contributed by atoms with Crippen LogP contribution in [-0.2, 0) is 4.79 Å². The summed E-state index contributed by atoms with van der Waals surface area (Å²) in [6.45, 7) is 4.37. The Morgan fingerprint density at radius 2 is 1.73 bits per heavy atom. The van der Waals surface area contributed by atoms with Crippen molar-refractivity contribution in [1.29, 1.82) is 0 Å². The highest BCUT2D eigenvalue weighted by Gasteiger charge is 2.13. The zero-order chi connectivity index (χ0) is 26.0. The van der Waals surface area contributed by atoms with Crippen molar-refractivity contribution in [3.05, 3.63) is 102 Å². The van der Waals surface area contributed by atoms with Gasteiger partial charge in [-0.15, -0.1) is 0 Å². The van der Waals surface area contributed by atoms with Gasteiger partial charge < -0.3 is 10.1 Å². The van der Waals surface area contributed by atoms with Crippen molar-refractivity contribution in [1.82, 2.24) is 20.5 Å². The molecule has 1 heterocycles. The molecular formula is C29H29N5O3. The third-order valence-electron chi connectivity index (χ3n) is 5.56. The highest BCUT2D eigenvalue weighted by molar-refractivity contribution is 5.97. The van der Waals surface area contributed by atoms with Crippen molar-refractivity contribution >= 4 is 18.0 Å². The minimum atomic E-state index is -0.437. The Labute approximate surface area is 216 Å². The summed E-state index contributed by atoms with van der Waals surface area (Å²) in [5.74, 6) is 0.0472. The van der Waals surface area contributed by atoms with Crippen LogP contribution >= 0.6 is 0 Å². The summed E-state index contributed by atoms with van der Waals surface area (Å²) in [5.41, 5.74) is 7.05. The number of ether oxygens (including phenoxy) is 1. The molecular weight excluding hydrogens is 466 g/mol. The Morgan fingerprint density at radius 3 is 2.46 bits per heavy atom. The van der Waals surface area contributed by atoms with E-state index in [9.17, 15) is 9.59 Å². The SMILES string of the molecule is CCCOc1ccc(-c2nn(-c3ccccc3)cc2/C=N/NC(=O)CNC(=O)c2ccccc2C)cc1. The van der Waals surface area contributed by atoms with Gasteiger partial charge in [-0.05, 0) is 61.4 Å². The van der Waals surface area contributed by atoms with Crippen molar-refractivity contribution in [2.75, 3.05) is 13.2 Å². The lowest BCUT2D eigenvalue weighted by molar-refractivity contribution is -0.120. The normalized spacial score (nSPS) is 10.9. The van der Waals surface area contributed by atoms with E-state index in [4.69, 9.17) is 9.84 Å². The monoisotopic (exact) mass is 495 g/mol. The summed E-state index contributed by atoms with van der Waals surface area (Å²) in [5, 5.41) is 11.5. The van der Waals surface area contributed by atoms with Gasteiger partial charge in [-0.3, -0.25) is 9.59 Å². The number of benzene rings is 3. The summed E-state index contributed by atoms with van der Waals surface area (Å²) < 4.78 is 7.45. The Kier molecular flexibility index (Phi) is 8.44. The van der Waals surface area contributed by atoms with E-state index >= 15 is 0 Å². The van der Waals surface area contributed by atoms with Gasteiger partial charge >= 0.3 is 0 Å². The van der Waals surface area contributed by atoms with Crippen molar-refractivity contribution in [2.24, 2.45) is 5.10 Å². The second kappa shape index (κ2) is 12.3. The van der Waals surface area contributed by atoms with Crippen LogP contribution in [0.15, 0.2) is 90.2 Å². The van der Waals surface area contributed by atoms with E-state index in [2.05, 4.69) is 22.8 Å². The fraction of sp³-hybridized carbons (Fsp3) is 0.172. The summed E-state index contributed by atoms with van der Waals surface area (Å²) in [6, 6.07) is 24.6. The second-order valence-electron chi connectivity index (χ2n) is 8.38. The summed E-state index contributed by atoms with van der Waals surface area (Å²) in [6.07, 6.45) is 4.33. The number of carbonyl (C=O) groups is 2. The minimum Gasteiger partial charge on any atom is -0.494 e. The smallest absolute Gasteiger partial charge is 0.259 e. The molecule has 0 bridgehead atoms. The van der Waals surface area contributed by atoms with Gasteiger partial charge in [0, 0.05) is 22.9 Å². The van der Waals surface area contributed by atoms with Crippen LogP contribution < -0.4 is 15.5 Å². The minimum absolute atomic E-state index is 0.195. The van der Waals surface area contributed by atoms with E-state index in [1.807, 2.05) is 79.9 Å². The number of aryl methyl sites for hydroxylation is 1. The van der Waals surface area contributed by atoms with Gasteiger partial charge in [0.25, 0.3) is 11.8 Å². The number of para-hydroxylation sites is 1. The zero-order valence-electron chi connectivity index (χ0n) is 20.8. The standard InChI is InChI=1S/C29H29N5O3/c1-3-17-37-25-15-13-22(14-16-25)28-23(20-34(33-28)24-10-5-4-6-11-24)18-31-32-27(35)19-30-29(36)26-12-8-7-9-21(26)2/h4-16,18,20H,3,17,19H2,1-2H3,(H,30,36)(H,32,35)/b31-18+. The van der Waals surface area contributed by atoms with Gasteiger partial charge in [0.15, 0.2) is 0 Å². The van der Waals surface area contributed by atoms with Crippen LogP contribution in [0.5, 0.6) is 5.75 Å². The van der Waals surface area contributed by atoms with E-state index < -0.39 is 5.91 Å². The lowest BCUT2D eigenvalue weighted by Crippen LogP contribution is -2.35. The molecule has 4 aromatic rings. The molecule has 1 aromatic heterocycles. The molecule has 2 amide bonds. The van der Waals surface area contributed by atoms with Gasteiger partial charge in [0.05, 0.1) is 25.1 Å². The second-order valence-corrected chi connectivity index (χ2v) is 8.38. The predicted molar refractivity (Wildman–Crippen MR) is 144 cm³/mol. The van der Waals surface area contributed by atoms with Crippen molar-refractivity contribution in [3.8, 4) is 22.7 Å². The molecule has 0 spiro atoms. The van der Waals surface area contributed by atoms with Crippen molar-refractivity contribution in [2.45, 2.75) is 20.3 Å². The average molecular weight is 496 g/mol. The quantitative estimate of drug-likeness (QED) is 0.250. The molecule has 0 saturated carbocycles. The van der Waals surface area contributed by atoms with Crippen LogP contribution in [0.2, 0.25) is 0 Å². The third-order valence-corrected chi connectivity index (χ3v) is 5.56. The van der Waals surface area contributed by atoms with E-state index in [-0.39, 0.29) is 12.5 Å². The third kappa shape index (κ3) is 6.70. The first kappa shape index (κ1) is 25.4. The molecule has 188 valence electrons. The fourth-order valence-corrected chi connectivity index (χ4v) is 3.64. The molecule has 4 rings (SSSR count). The number of nitrogens with one attached hydrogen (secondary N) is 2. The lowest BCUT2D eigenvalue weighted by atomic mass is 10.1. The van der Waals surface area contributed by atoms with Crippen LogP contribution in [0.3, 0.4) is 0 Å². The van der Waals surface area contributed by atoms with Gasteiger partial charge in [-0.25, -0.2) is 10.1 Å². The predicted octanol–water partition coefficient (Wildman–Crippen LogP) is 4.52. The van der Waals surface area contributed by atoms with Crippen LogP contribution in [0.1, 0.15) is 34.8 Å². The highest BCUT2D eigenvalue weighted by Crippen LogP contribution is 2.25. The first-order valence-electron chi connectivity index (χ1n) is 12.1. The Bertz CT molecular complexity index is 1380. The molecule has 2 N–H and O–H groups in total. The van der Waals surface area contributed by atoms with Crippen LogP contribution in [0.4, 0.5) is 0 Å². The number of rotatable bonds is 10. The fourth-order valence-electron chi connectivity index (χ4n) is 3.64. The molecule has 3 aromatic carbocycles. The Morgan fingerprint density at radius 1 is 1.00 bits per heavy atom. The number of hydrazone groups is 1. The summed E-state index contributed by atoms with van der Waals surface area (Å²) in [7, 11) is 0. The van der Waals surface area contributed by atoms with Crippen LogP contribution in [0.25, 0.3) is 16.9 Å². The van der Waals surface area contributed by atoms with Crippen LogP contribution in [-0.4, -0.2) is 41.0 Å². The number of hydrogen-bond acceptors (Lipinski definition) is 5. The first-order chi connectivity index (χ1) is 18.0. The summed E-state index contributed by atoms with van der Waals surface area (Å²) in [4.78, 5) is 24.6. The maximum Gasteiger partial charge on any atom is 0.259 e. The van der Waals surface area contributed by atoms with Crippen LogP contribution in [0, 0.1) is 6.92 Å². The Balaban J connectivity index is 1.47. The Hall–Kier alpha value is -4.72. The average Bonchev–Trinajstić information content (AvgIpc) is 3.36. The van der Waals surface area contributed by atoms with E-state index in [0.29, 0.717) is 17.9 Å². The topological polar surface area (TPSA) is 97.6 Å². The lowest BCUT2D eigenvalue weighted by Gasteiger charge is -2.06. The molecule has 0 radical (unpaired) electrons. The molecule has 0 aliphatic rings. The molecule has 0 aliphatic carbocycles. The molecule has 37 heavy (non-hydrogen) atoms. The van der Waals surface area contributed by atoms with Gasteiger partial charge in [0.1, 0.15) is 11.4 Å². The number of amides is 2. The summed E-state index contributed by atoms with van der Waals surface area (Å²) >= 11 is 0. The number of carbonyl (C=O) groups excluding carboxylic acids is 2. The van der Waals surface area contributed by atoms with Gasteiger partial charge in [0.2, 0.25) is 0 Å². The highest BCUT2D eigenvalue weighted by atomic mass is 16.5. The number of aromatic nitrogens is 2. The van der Waals surface area contributed by atoms with E-state index in [0.717, 1.165) is 34.5 Å². The molecule has 0 saturated heterocycles. The molecule has 0 aliphatic heterocycles. The molecule has 0 unspecified atom stereocenters. The largest absolute Gasteiger partial charge is 0.494 e. The van der Waals surface area contributed by atoms with Crippen molar-refractivity contribution < 1.29 is 14.3 Å². The molecule has 0 atom stereocenters. The van der Waals surface area contributed by atoms with Gasteiger partial charge in [-0.1, -0.05) is 43.3 Å². The molecule has 0 fully saturated rings. The van der Waals surface area contributed by atoms with Gasteiger partial charge in [-0.2, -0.15) is 10.2 Å². The zero-order valence-corrected chi connectivity index (χ0v) is 20.8. The molecule has 8 heteroatoms. The first-order valence-corrected chi connectivity index (χ1v) is 12.1. The number of nitrogens with zero attached hydrogens (tertiary/aromatic N) is 3. The van der Waals surface area contributed by atoms with Crippen molar-refractivity contribution in [3.63, 3.8) is 0 Å². The molecule has 8 nitrogen and oxygen atoms in total. The maximum atomic E-state index is 12.3. The van der Waals surface area contributed by atoms with E-state index in [1.54, 1.807) is 23.0 Å². The van der Waals surface area contributed by atoms with E-state index in [1.165, 1.54) is 0 Å². The number of hydrogen-bond donors (Lipinski definition) is 2.